The van der Waals surface area contributed by atoms with E-state index in [4.69, 9.17) is 0 Å². The molecule has 1 aromatic heterocycles. The van der Waals surface area contributed by atoms with Crippen molar-refractivity contribution in [2.24, 2.45) is 0 Å². The van der Waals surface area contributed by atoms with Crippen LogP contribution in [0.25, 0.3) is 0 Å². The van der Waals surface area contributed by atoms with Crippen LogP contribution in [0.3, 0.4) is 0 Å². The number of imide groups is 1. The molecule has 1 aliphatic heterocycles. The molecule has 2 amide bonds. The highest BCUT2D eigenvalue weighted by atomic mass is 79.9. The van der Waals surface area contributed by atoms with E-state index >= 15 is 0 Å². The van der Waals surface area contributed by atoms with Gasteiger partial charge < -0.3 is 4.90 Å². The van der Waals surface area contributed by atoms with Crippen molar-refractivity contribution in [3.63, 3.8) is 0 Å². The molecule has 1 aromatic rings. The molecule has 0 bridgehead atoms. The summed E-state index contributed by atoms with van der Waals surface area (Å²) in [4.78, 5) is 32.8. The minimum Gasteiger partial charge on any atom is -0.332 e. The van der Waals surface area contributed by atoms with Gasteiger partial charge in [-0.3, -0.25) is 14.9 Å². The molecule has 1 fully saturated rings. The van der Waals surface area contributed by atoms with Gasteiger partial charge in [0.25, 0.3) is 5.91 Å². The average Bonchev–Trinajstić information content (AvgIpc) is 2.25. The predicted molar refractivity (Wildman–Crippen MR) is 64.3 cm³/mol. The Balaban J connectivity index is 2.46. The third kappa shape index (κ3) is 2.02. The van der Waals surface area contributed by atoms with E-state index in [2.05, 4.69) is 31.2 Å². The van der Waals surface area contributed by atoms with Crippen molar-refractivity contribution in [2.75, 3.05) is 11.4 Å². The fourth-order valence-electron chi connectivity index (χ4n) is 1.63. The van der Waals surface area contributed by atoms with Crippen molar-refractivity contribution in [3.05, 3.63) is 17.0 Å². The fourth-order valence-corrected chi connectivity index (χ4v) is 2.06. The number of nitrogens with zero attached hydrogens (tertiary/aromatic N) is 3. The predicted octanol–water partition coefficient (Wildman–Crippen LogP) is 0.481. The number of hydrogen-bond donors (Lipinski definition) is 1. The van der Waals surface area contributed by atoms with E-state index in [-0.39, 0.29) is 18.4 Å². The Morgan fingerprint density at radius 3 is 2.82 bits per heavy atom. The number of carbonyl (C=O) groups is 2. The molecule has 0 spiro atoms. The second kappa shape index (κ2) is 4.06. The molecule has 90 valence electrons. The molecule has 0 radical (unpaired) electrons. The molecule has 7 heteroatoms. The van der Waals surface area contributed by atoms with Crippen molar-refractivity contribution >= 4 is 33.6 Å². The zero-order chi connectivity index (χ0) is 12.6. The normalized spacial score (nSPS) is 19.1. The molecule has 1 aliphatic rings. The van der Waals surface area contributed by atoms with Gasteiger partial charge in [-0.05, 0) is 29.8 Å². The minimum absolute atomic E-state index is 0.0916. The van der Waals surface area contributed by atoms with Crippen LogP contribution in [0.1, 0.15) is 13.8 Å². The average molecular weight is 299 g/mol. The van der Waals surface area contributed by atoms with Crippen molar-refractivity contribution in [1.29, 1.82) is 0 Å². The van der Waals surface area contributed by atoms with Crippen molar-refractivity contribution in [3.8, 4) is 0 Å². The maximum absolute atomic E-state index is 11.8. The molecular formula is C10H11BrN4O2. The summed E-state index contributed by atoms with van der Waals surface area (Å²) < 4.78 is 0.649. The summed E-state index contributed by atoms with van der Waals surface area (Å²) in [5, 5.41) is 2.31. The summed E-state index contributed by atoms with van der Waals surface area (Å²) in [5.41, 5.74) is -0.829. The van der Waals surface area contributed by atoms with Crippen LogP contribution in [-0.4, -0.2) is 33.9 Å². The van der Waals surface area contributed by atoms with Crippen LogP contribution in [-0.2, 0) is 9.59 Å². The SMILES string of the molecule is CC1(C)C(=O)NC(=O)CN1c1ncncc1Br. The number of anilines is 1. The van der Waals surface area contributed by atoms with Gasteiger partial charge in [-0.25, -0.2) is 9.97 Å². The first-order valence-corrected chi connectivity index (χ1v) is 5.79. The number of rotatable bonds is 1. The van der Waals surface area contributed by atoms with E-state index in [1.807, 2.05) is 0 Å². The molecular weight excluding hydrogens is 288 g/mol. The van der Waals surface area contributed by atoms with Gasteiger partial charge in [0.05, 0.1) is 11.0 Å². The van der Waals surface area contributed by atoms with E-state index in [0.717, 1.165) is 0 Å². The number of halogens is 1. The molecule has 0 atom stereocenters. The topological polar surface area (TPSA) is 75.2 Å². The van der Waals surface area contributed by atoms with Gasteiger partial charge in [0, 0.05) is 6.20 Å². The standard InChI is InChI=1S/C10H11BrN4O2/c1-10(2)9(17)14-7(16)4-15(10)8-6(11)3-12-5-13-8/h3,5H,4H2,1-2H3,(H,14,16,17). The highest BCUT2D eigenvalue weighted by Crippen LogP contribution is 2.29. The molecule has 0 saturated carbocycles. The van der Waals surface area contributed by atoms with Crippen LogP contribution in [0.15, 0.2) is 17.0 Å². The molecule has 17 heavy (non-hydrogen) atoms. The Bertz CT molecular complexity index is 489. The summed E-state index contributed by atoms with van der Waals surface area (Å²) in [7, 11) is 0. The molecule has 0 aromatic carbocycles. The van der Waals surface area contributed by atoms with Crippen LogP contribution >= 0.6 is 15.9 Å². The third-order valence-corrected chi connectivity index (χ3v) is 3.25. The highest BCUT2D eigenvalue weighted by Gasteiger charge is 2.42. The maximum atomic E-state index is 11.8. The maximum Gasteiger partial charge on any atom is 0.251 e. The van der Waals surface area contributed by atoms with Gasteiger partial charge in [0.2, 0.25) is 5.91 Å². The van der Waals surface area contributed by atoms with Gasteiger partial charge in [0.1, 0.15) is 17.7 Å². The number of nitrogens with one attached hydrogen (secondary N) is 1. The summed E-state index contributed by atoms with van der Waals surface area (Å²) in [6.45, 7) is 3.57. The lowest BCUT2D eigenvalue weighted by atomic mass is 9.99. The highest BCUT2D eigenvalue weighted by molar-refractivity contribution is 9.10. The minimum atomic E-state index is -0.829. The lowest BCUT2D eigenvalue weighted by Crippen LogP contribution is -2.64. The smallest absolute Gasteiger partial charge is 0.251 e. The summed E-state index contributed by atoms with van der Waals surface area (Å²) >= 11 is 3.31. The van der Waals surface area contributed by atoms with Crippen LogP contribution in [0.4, 0.5) is 5.82 Å². The fraction of sp³-hybridized carbons (Fsp3) is 0.400. The van der Waals surface area contributed by atoms with Gasteiger partial charge in [-0.15, -0.1) is 0 Å². The molecule has 2 rings (SSSR count). The third-order valence-electron chi connectivity index (χ3n) is 2.69. The second-order valence-electron chi connectivity index (χ2n) is 4.22. The lowest BCUT2D eigenvalue weighted by Gasteiger charge is -2.41. The van der Waals surface area contributed by atoms with Crippen molar-refractivity contribution < 1.29 is 9.59 Å². The number of aromatic nitrogens is 2. The van der Waals surface area contributed by atoms with Crippen LogP contribution in [0.5, 0.6) is 0 Å². The summed E-state index contributed by atoms with van der Waals surface area (Å²) in [6, 6.07) is 0. The molecule has 0 aliphatic carbocycles. The first kappa shape index (κ1) is 12.0. The lowest BCUT2D eigenvalue weighted by molar-refractivity contribution is -0.135. The van der Waals surface area contributed by atoms with Crippen molar-refractivity contribution in [2.45, 2.75) is 19.4 Å². The Labute approximate surface area is 107 Å². The second-order valence-corrected chi connectivity index (χ2v) is 5.07. The van der Waals surface area contributed by atoms with E-state index in [1.165, 1.54) is 6.33 Å². The van der Waals surface area contributed by atoms with Gasteiger partial charge >= 0.3 is 0 Å². The Hall–Kier alpha value is -1.50. The first-order valence-electron chi connectivity index (χ1n) is 5.00. The van der Waals surface area contributed by atoms with E-state index in [0.29, 0.717) is 10.3 Å². The van der Waals surface area contributed by atoms with E-state index in [9.17, 15) is 9.59 Å². The van der Waals surface area contributed by atoms with E-state index < -0.39 is 5.54 Å². The Kier molecular flexibility index (Phi) is 2.86. The van der Waals surface area contributed by atoms with Crippen LogP contribution in [0, 0.1) is 0 Å². The quantitative estimate of drug-likeness (QED) is 0.763. The zero-order valence-corrected chi connectivity index (χ0v) is 11.0. The van der Waals surface area contributed by atoms with Crippen LogP contribution < -0.4 is 10.2 Å². The molecule has 0 unspecified atom stereocenters. The number of hydrogen-bond acceptors (Lipinski definition) is 5. The first-order chi connectivity index (χ1) is 7.93. The van der Waals surface area contributed by atoms with Crippen LogP contribution in [0.2, 0.25) is 0 Å². The van der Waals surface area contributed by atoms with Crippen molar-refractivity contribution in [1.82, 2.24) is 15.3 Å². The van der Waals surface area contributed by atoms with Gasteiger partial charge in [-0.1, -0.05) is 0 Å². The van der Waals surface area contributed by atoms with Gasteiger partial charge in [-0.2, -0.15) is 0 Å². The molecule has 1 N–H and O–H groups in total. The molecule has 6 nitrogen and oxygen atoms in total. The Morgan fingerprint density at radius 2 is 2.18 bits per heavy atom. The summed E-state index contributed by atoms with van der Waals surface area (Å²) in [6.07, 6.45) is 2.96. The zero-order valence-electron chi connectivity index (χ0n) is 9.40. The molecule has 1 saturated heterocycles. The summed E-state index contributed by atoms with van der Waals surface area (Å²) in [5.74, 6) is -0.132. The Morgan fingerprint density at radius 1 is 1.47 bits per heavy atom. The van der Waals surface area contributed by atoms with E-state index in [1.54, 1.807) is 24.9 Å². The monoisotopic (exact) mass is 298 g/mol. The number of carbonyl (C=O) groups excluding carboxylic acids is 2. The largest absolute Gasteiger partial charge is 0.332 e. The molecule has 2 heterocycles. The van der Waals surface area contributed by atoms with Gasteiger partial charge in [0.15, 0.2) is 0 Å². The number of piperazine rings is 1. The number of amides is 2.